The first-order chi connectivity index (χ1) is 13.6. The Morgan fingerprint density at radius 1 is 1.34 bits per heavy atom. The molecule has 2 aliphatic carbocycles. The van der Waals surface area contributed by atoms with Crippen LogP contribution < -0.4 is 4.72 Å². The van der Waals surface area contributed by atoms with Gasteiger partial charge in [-0.1, -0.05) is 28.6 Å². The molecule has 2 aliphatic rings. The molecule has 1 aromatic rings. The zero-order chi connectivity index (χ0) is 21.4. The summed E-state index contributed by atoms with van der Waals surface area (Å²) in [6.45, 7) is 12.9. The molecule has 1 saturated carbocycles. The summed E-state index contributed by atoms with van der Waals surface area (Å²) in [4.78, 5) is 0. The molecule has 1 aromatic carbocycles. The van der Waals surface area contributed by atoms with Gasteiger partial charge in [0.2, 0.25) is 0 Å². The van der Waals surface area contributed by atoms with Crippen LogP contribution in [-0.4, -0.2) is 28.8 Å². The third-order valence-corrected chi connectivity index (χ3v) is 8.66. The normalized spacial score (nSPS) is 30.2. The van der Waals surface area contributed by atoms with Gasteiger partial charge in [0.15, 0.2) is 0 Å². The average molecular weight is 485 g/mol. The Bertz CT molecular complexity index is 796. The van der Waals surface area contributed by atoms with E-state index in [1.165, 1.54) is 5.56 Å². The van der Waals surface area contributed by atoms with Crippen molar-refractivity contribution in [2.24, 2.45) is 5.41 Å². The first-order valence-electron chi connectivity index (χ1n) is 10.4. The van der Waals surface area contributed by atoms with E-state index >= 15 is 0 Å². The number of hydrogen-bond acceptors (Lipinski definition) is 3. The van der Waals surface area contributed by atoms with Gasteiger partial charge in [-0.05, 0) is 83.1 Å². The van der Waals surface area contributed by atoms with Gasteiger partial charge in [-0.15, -0.1) is 0 Å². The predicted molar refractivity (Wildman–Crippen MR) is 123 cm³/mol. The second-order valence-corrected chi connectivity index (χ2v) is 12.2. The quantitative estimate of drug-likeness (QED) is 0.552. The van der Waals surface area contributed by atoms with Gasteiger partial charge in [0.25, 0.3) is 0 Å². The fourth-order valence-corrected chi connectivity index (χ4v) is 6.39. The van der Waals surface area contributed by atoms with E-state index in [0.717, 1.165) is 42.1 Å². The number of methoxy groups -OCH3 is 1. The van der Waals surface area contributed by atoms with E-state index in [1.807, 2.05) is 27.7 Å². The molecule has 29 heavy (non-hydrogen) atoms. The van der Waals surface area contributed by atoms with E-state index in [2.05, 4.69) is 45.4 Å². The van der Waals surface area contributed by atoms with E-state index in [-0.39, 0.29) is 11.5 Å². The SMILES string of the molecule is C=C(OCC)[C@@]1(N[S@@](=O)C(C)(C)C)c2cc(Br)ccc2CC12CCC(OC)CC2. The Labute approximate surface area is 186 Å². The maximum absolute atomic E-state index is 13.4. The lowest BCUT2D eigenvalue weighted by molar-refractivity contribution is -0.0152. The van der Waals surface area contributed by atoms with E-state index in [9.17, 15) is 4.21 Å². The molecule has 0 radical (unpaired) electrons. The molecule has 0 heterocycles. The van der Waals surface area contributed by atoms with Crippen LogP contribution in [0.4, 0.5) is 0 Å². The molecule has 162 valence electrons. The van der Waals surface area contributed by atoms with E-state index < -0.39 is 21.3 Å². The van der Waals surface area contributed by atoms with Crippen LogP contribution >= 0.6 is 15.9 Å². The zero-order valence-electron chi connectivity index (χ0n) is 18.3. The fourth-order valence-electron chi connectivity index (χ4n) is 5.01. The monoisotopic (exact) mass is 483 g/mol. The number of ether oxygens (including phenoxy) is 2. The summed E-state index contributed by atoms with van der Waals surface area (Å²) < 4.78 is 29.4. The molecule has 0 aliphatic heterocycles. The molecule has 6 heteroatoms. The van der Waals surface area contributed by atoms with Gasteiger partial charge in [-0.25, -0.2) is 8.93 Å². The summed E-state index contributed by atoms with van der Waals surface area (Å²) in [5.74, 6) is 0.672. The van der Waals surface area contributed by atoms with E-state index in [4.69, 9.17) is 9.47 Å². The number of benzene rings is 1. The summed E-state index contributed by atoms with van der Waals surface area (Å²) in [5, 5.41) is 0. The molecule has 0 unspecified atom stereocenters. The standard InChI is InChI=1S/C23H34BrNO3S/c1-7-28-16(2)23(25-29(26)21(3,4)5)20-14-18(24)9-8-17(20)15-22(23)12-10-19(27-6)11-13-22/h8-9,14,19,25H,2,7,10-13,15H2,1,3-6H3/t19?,22?,23-,29+/m1/s1. The molecule has 2 atom stereocenters. The highest BCUT2D eigenvalue weighted by Gasteiger charge is 2.62. The lowest BCUT2D eigenvalue weighted by Crippen LogP contribution is -2.59. The Hall–Kier alpha value is -0.690. The Morgan fingerprint density at radius 2 is 2.00 bits per heavy atom. The molecule has 1 spiro atoms. The van der Waals surface area contributed by atoms with Crippen molar-refractivity contribution in [2.75, 3.05) is 13.7 Å². The van der Waals surface area contributed by atoms with Gasteiger partial charge in [-0.3, -0.25) is 0 Å². The van der Waals surface area contributed by atoms with Crippen molar-refractivity contribution in [2.45, 2.75) is 76.2 Å². The van der Waals surface area contributed by atoms with Crippen LogP contribution in [0.1, 0.15) is 64.5 Å². The van der Waals surface area contributed by atoms with Crippen LogP contribution in [0.3, 0.4) is 0 Å². The molecule has 3 rings (SSSR count). The van der Waals surface area contributed by atoms with Gasteiger partial charge in [0, 0.05) is 17.0 Å². The minimum atomic E-state index is -1.28. The van der Waals surface area contributed by atoms with Gasteiger partial charge < -0.3 is 9.47 Å². The molecular formula is C23H34BrNO3S. The number of fused-ring (bicyclic) bond motifs is 1. The van der Waals surface area contributed by atoms with Gasteiger partial charge in [0.1, 0.15) is 11.3 Å². The Morgan fingerprint density at radius 3 is 2.55 bits per heavy atom. The van der Waals surface area contributed by atoms with Gasteiger partial charge >= 0.3 is 0 Å². The van der Waals surface area contributed by atoms with Crippen LogP contribution in [0, 0.1) is 5.41 Å². The van der Waals surface area contributed by atoms with Crippen LogP contribution in [0.5, 0.6) is 0 Å². The van der Waals surface area contributed by atoms with E-state index in [0.29, 0.717) is 12.4 Å². The fraction of sp³-hybridized carbons (Fsp3) is 0.652. The zero-order valence-corrected chi connectivity index (χ0v) is 20.7. The van der Waals surface area contributed by atoms with Crippen LogP contribution in [-0.2, 0) is 32.4 Å². The largest absolute Gasteiger partial charge is 0.496 e. The van der Waals surface area contributed by atoms with Crippen molar-refractivity contribution in [1.82, 2.24) is 4.72 Å². The lowest BCUT2D eigenvalue weighted by Gasteiger charge is -2.51. The highest BCUT2D eigenvalue weighted by Crippen LogP contribution is 2.61. The second-order valence-electron chi connectivity index (χ2n) is 9.28. The van der Waals surface area contributed by atoms with Crippen molar-refractivity contribution in [3.05, 3.63) is 46.1 Å². The maximum Gasteiger partial charge on any atom is 0.118 e. The Kier molecular flexibility index (Phi) is 6.69. The second kappa shape index (κ2) is 8.45. The third-order valence-electron chi connectivity index (χ3n) is 6.56. The van der Waals surface area contributed by atoms with Crippen molar-refractivity contribution in [3.8, 4) is 0 Å². The molecule has 1 N–H and O–H groups in total. The molecule has 4 nitrogen and oxygen atoms in total. The number of hydrogen-bond donors (Lipinski definition) is 1. The lowest BCUT2D eigenvalue weighted by atomic mass is 9.61. The van der Waals surface area contributed by atoms with Crippen molar-refractivity contribution >= 4 is 26.9 Å². The van der Waals surface area contributed by atoms with Crippen LogP contribution in [0.15, 0.2) is 35.0 Å². The Balaban J connectivity index is 2.19. The molecule has 0 bridgehead atoms. The minimum absolute atomic E-state index is 0.141. The smallest absolute Gasteiger partial charge is 0.118 e. The number of rotatable bonds is 6. The van der Waals surface area contributed by atoms with Gasteiger partial charge in [-0.2, -0.15) is 0 Å². The third kappa shape index (κ3) is 3.98. The van der Waals surface area contributed by atoms with E-state index in [1.54, 1.807) is 7.11 Å². The number of nitrogens with one attached hydrogen (secondary N) is 1. The highest BCUT2D eigenvalue weighted by molar-refractivity contribution is 9.10. The molecule has 1 fully saturated rings. The molecule has 0 amide bonds. The topological polar surface area (TPSA) is 47.6 Å². The summed E-state index contributed by atoms with van der Waals surface area (Å²) in [5.41, 5.74) is 1.58. The van der Waals surface area contributed by atoms with Crippen LogP contribution in [0.25, 0.3) is 0 Å². The first-order valence-corrected chi connectivity index (χ1v) is 12.4. The van der Waals surface area contributed by atoms with Crippen LogP contribution in [0.2, 0.25) is 0 Å². The number of halogens is 1. The van der Waals surface area contributed by atoms with Crippen molar-refractivity contribution in [1.29, 1.82) is 0 Å². The average Bonchev–Trinajstić information content (AvgIpc) is 2.92. The van der Waals surface area contributed by atoms with Gasteiger partial charge in [0.05, 0.1) is 28.4 Å². The van der Waals surface area contributed by atoms with Crippen molar-refractivity contribution in [3.63, 3.8) is 0 Å². The maximum atomic E-state index is 13.4. The summed E-state index contributed by atoms with van der Waals surface area (Å²) >= 11 is 3.65. The van der Waals surface area contributed by atoms with Crippen molar-refractivity contribution < 1.29 is 13.7 Å². The molecule has 0 aromatic heterocycles. The molecule has 0 saturated heterocycles. The molecular weight excluding hydrogens is 450 g/mol. The highest BCUT2D eigenvalue weighted by atomic mass is 79.9. The predicted octanol–water partition coefficient (Wildman–Crippen LogP) is 5.38. The minimum Gasteiger partial charge on any atom is -0.496 e. The first kappa shape index (κ1) is 23.0. The summed E-state index contributed by atoms with van der Waals surface area (Å²) in [6, 6.07) is 6.43. The summed E-state index contributed by atoms with van der Waals surface area (Å²) in [7, 11) is 0.514. The summed E-state index contributed by atoms with van der Waals surface area (Å²) in [6.07, 6.45) is 5.11.